The lowest BCUT2D eigenvalue weighted by molar-refractivity contribution is -0.150. The zero-order chi connectivity index (χ0) is 19.2. The van der Waals surface area contributed by atoms with Crippen LogP contribution in [-0.4, -0.2) is 48.8 Å². The first-order valence-corrected chi connectivity index (χ1v) is 9.67. The normalized spacial score (nSPS) is 22.3. The lowest BCUT2D eigenvalue weighted by atomic mass is 9.71. The van der Waals surface area contributed by atoms with Gasteiger partial charge in [-0.15, -0.1) is 0 Å². The van der Waals surface area contributed by atoms with E-state index in [-0.39, 0.29) is 11.8 Å². The van der Waals surface area contributed by atoms with Gasteiger partial charge in [-0.3, -0.25) is 4.79 Å². The summed E-state index contributed by atoms with van der Waals surface area (Å²) in [5, 5.41) is 9.96. The van der Waals surface area contributed by atoms with Crippen LogP contribution < -0.4 is 5.73 Å². The highest BCUT2D eigenvalue weighted by Gasteiger charge is 2.51. The molecule has 1 aliphatic carbocycles. The average molecular weight is 365 g/mol. The highest BCUT2D eigenvalue weighted by molar-refractivity contribution is 5.81. The van der Waals surface area contributed by atoms with Crippen LogP contribution in [0, 0.1) is 29.1 Å². The van der Waals surface area contributed by atoms with Crippen molar-refractivity contribution in [1.82, 2.24) is 4.90 Å². The Kier molecular flexibility index (Phi) is 7.27. The fourth-order valence-corrected chi connectivity index (χ4v) is 4.21. The minimum atomic E-state index is -1.54. The van der Waals surface area contributed by atoms with Gasteiger partial charge in [0.2, 0.25) is 11.5 Å². The van der Waals surface area contributed by atoms with E-state index in [1.165, 1.54) is 6.42 Å². The summed E-state index contributed by atoms with van der Waals surface area (Å²) >= 11 is 0. The first kappa shape index (κ1) is 20.5. The van der Waals surface area contributed by atoms with E-state index in [0.717, 1.165) is 25.7 Å². The summed E-state index contributed by atoms with van der Waals surface area (Å²) in [4.78, 5) is 26.7. The third-order valence-electron chi connectivity index (χ3n) is 5.73. The number of ether oxygens (including phenoxy) is 2. The van der Waals surface area contributed by atoms with E-state index in [2.05, 4.69) is 6.07 Å². The Morgan fingerprint density at radius 1 is 1.27 bits per heavy atom. The molecule has 0 bridgehead atoms. The highest BCUT2D eigenvalue weighted by atomic mass is 16.6. The second kappa shape index (κ2) is 9.22. The Labute approximate surface area is 155 Å². The first-order valence-electron chi connectivity index (χ1n) is 9.67. The molecule has 1 saturated carbocycles. The number of carbonyl (C=O) groups is 2. The maximum absolute atomic E-state index is 13.4. The number of hydrogen-bond donors (Lipinski definition) is 1. The molecule has 2 fully saturated rings. The molecular weight excluding hydrogens is 334 g/mol. The molecule has 0 radical (unpaired) electrons. The van der Waals surface area contributed by atoms with Crippen molar-refractivity contribution in [2.45, 2.75) is 58.0 Å². The molecular formula is C19H31N3O4. The van der Waals surface area contributed by atoms with Crippen LogP contribution in [-0.2, 0) is 14.3 Å². The molecule has 0 spiro atoms. The summed E-state index contributed by atoms with van der Waals surface area (Å²) < 4.78 is 10.7. The Balaban J connectivity index is 2.33. The molecule has 1 heterocycles. The Bertz CT molecular complexity index is 533. The van der Waals surface area contributed by atoms with Crippen LogP contribution in [0.5, 0.6) is 0 Å². The number of amides is 2. The SMILES string of the molecule is CC(C)[C@](C#N)(OC(N)=O)C(CC1CCCCC1)C(=O)N1CCOCC1. The zero-order valence-electron chi connectivity index (χ0n) is 15.9. The quantitative estimate of drug-likeness (QED) is 0.778. The zero-order valence-corrected chi connectivity index (χ0v) is 15.9. The predicted octanol–water partition coefficient (Wildman–Crippen LogP) is 2.45. The van der Waals surface area contributed by atoms with E-state index in [1.54, 1.807) is 18.7 Å². The standard InChI is InChI=1S/C19H31N3O4/c1-14(2)19(13-20,26-18(21)24)16(12-15-6-4-3-5-7-15)17(23)22-8-10-25-11-9-22/h14-16H,3-12H2,1-2H3,(H2,21,24)/t16?,19-/m0/s1. The number of nitrogens with zero attached hydrogens (tertiary/aromatic N) is 2. The topological polar surface area (TPSA) is 106 Å². The van der Waals surface area contributed by atoms with Gasteiger partial charge in [-0.2, -0.15) is 5.26 Å². The molecule has 1 unspecified atom stereocenters. The van der Waals surface area contributed by atoms with Crippen LogP contribution in [0.1, 0.15) is 52.4 Å². The van der Waals surface area contributed by atoms with Crippen LogP contribution in [0.25, 0.3) is 0 Å². The molecule has 26 heavy (non-hydrogen) atoms. The van der Waals surface area contributed by atoms with Crippen LogP contribution in [0.15, 0.2) is 0 Å². The van der Waals surface area contributed by atoms with Crippen molar-refractivity contribution < 1.29 is 19.1 Å². The van der Waals surface area contributed by atoms with Crippen LogP contribution in [0.2, 0.25) is 0 Å². The van der Waals surface area contributed by atoms with Gasteiger partial charge < -0.3 is 20.1 Å². The summed E-state index contributed by atoms with van der Waals surface area (Å²) in [5.41, 5.74) is 3.74. The number of carbonyl (C=O) groups excluding carboxylic acids is 2. The van der Waals surface area contributed by atoms with Crippen molar-refractivity contribution in [3.63, 3.8) is 0 Å². The summed E-state index contributed by atoms with van der Waals surface area (Å²) in [6.45, 7) is 5.56. The third kappa shape index (κ3) is 4.67. The average Bonchev–Trinajstić information content (AvgIpc) is 2.65. The molecule has 7 nitrogen and oxygen atoms in total. The van der Waals surface area contributed by atoms with Gasteiger partial charge in [-0.25, -0.2) is 4.79 Å². The van der Waals surface area contributed by atoms with Gasteiger partial charge in [0.25, 0.3) is 0 Å². The van der Waals surface area contributed by atoms with Crippen molar-refractivity contribution in [2.75, 3.05) is 26.3 Å². The summed E-state index contributed by atoms with van der Waals surface area (Å²) in [7, 11) is 0. The van der Waals surface area contributed by atoms with Crippen molar-refractivity contribution >= 4 is 12.0 Å². The molecule has 2 aliphatic rings. The summed E-state index contributed by atoms with van der Waals surface area (Å²) in [6.07, 6.45) is 5.12. The fourth-order valence-electron chi connectivity index (χ4n) is 4.21. The molecule has 2 N–H and O–H groups in total. The summed E-state index contributed by atoms with van der Waals surface area (Å²) in [5.74, 6) is -0.822. The second-order valence-corrected chi connectivity index (χ2v) is 7.71. The molecule has 7 heteroatoms. The van der Waals surface area contributed by atoms with Crippen molar-refractivity contribution in [3.05, 3.63) is 0 Å². The molecule has 0 aromatic heterocycles. The molecule has 2 rings (SSSR count). The van der Waals surface area contributed by atoms with Crippen molar-refractivity contribution in [3.8, 4) is 6.07 Å². The predicted molar refractivity (Wildman–Crippen MR) is 95.9 cm³/mol. The Morgan fingerprint density at radius 2 is 1.88 bits per heavy atom. The van der Waals surface area contributed by atoms with E-state index in [1.807, 2.05) is 0 Å². The molecule has 0 aromatic rings. The van der Waals surface area contributed by atoms with Gasteiger partial charge >= 0.3 is 6.09 Å². The van der Waals surface area contributed by atoms with Gasteiger partial charge in [0.1, 0.15) is 6.07 Å². The van der Waals surface area contributed by atoms with Crippen LogP contribution in [0.3, 0.4) is 0 Å². The number of morpholine rings is 1. The number of nitriles is 1. The van der Waals surface area contributed by atoms with Crippen molar-refractivity contribution in [2.24, 2.45) is 23.5 Å². The smallest absolute Gasteiger partial charge is 0.406 e. The monoisotopic (exact) mass is 365 g/mol. The number of hydrogen-bond acceptors (Lipinski definition) is 5. The van der Waals surface area contributed by atoms with E-state index in [4.69, 9.17) is 15.2 Å². The highest BCUT2D eigenvalue weighted by Crippen LogP contribution is 2.39. The van der Waals surface area contributed by atoms with E-state index in [0.29, 0.717) is 38.6 Å². The largest absolute Gasteiger partial charge is 0.426 e. The maximum atomic E-state index is 13.4. The molecule has 2 atom stereocenters. The molecule has 0 aromatic carbocycles. The Morgan fingerprint density at radius 3 is 2.38 bits per heavy atom. The number of nitrogens with two attached hydrogens (primary N) is 1. The van der Waals surface area contributed by atoms with E-state index < -0.39 is 17.6 Å². The van der Waals surface area contributed by atoms with Gasteiger partial charge in [0, 0.05) is 19.0 Å². The minimum absolute atomic E-state index is 0.129. The van der Waals surface area contributed by atoms with Crippen LogP contribution in [0.4, 0.5) is 4.79 Å². The van der Waals surface area contributed by atoms with Gasteiger partial charge in [0.15, 0.2) is 0 Å². The lowest BCUT2D eigenvalue weighted by Gasteiger charge is -2.41. The molecule has 1 aliphatic heterocycles. The van der Waals surface area contributed by atoms with Crippen molar-refractivity contribution in [1.29, 1.82) is 5.26 Å². The second-order valence-electron chi connectivity index (χ2n) is 7.71. The number of primary amides is 1. The van der Waals surface area contributed by atoms with E-state index >= 15 is 0 Å². The van der Waals surface area contributed by atoms with Gasteiger partial charge in [-0.05, 0) is 12.3 Å². The van der Waals surface area contributed by atoms with E-state index in [9.17, 15) is 14.9 Å². The third-order valence-corrected chi connectivity index (χ3v) is 5.73. The van der Waals surface area contributed by atoms with Crippen LogP contribution >= 0.6 is 0 Å². The summed E-state index contributed by atoms with van der Waals surface area (Å²) in [6, 6.07) is 2.15. The van der Waals surface area contributed by atoms with Gasteiger partial charge in [-0.1, -0.05) is 46.0 Å². The fraction of sp³-hybridized carbons (Fsp3) is 0.842. The Hall–Kier alpha value is -1.81. The van der Waals surface area contributed by atoms with Gasteiger partial charge in [0.05, 0.1) is 19.1 Å². The molecule has 146 valence electrons. The molecule has 2 amide bonds. The number of rotatable bonds is 6. The molecule has 1 saturated heterocycles. The maximum Gasteiger partial charge on any atom is 0.406 e. The minimum Gasteiger partial charge on any atom is -0.426 e. The first-order chi connectivity index (χ1) is 12.4. The lowest BCUT2D eigenvalue weighted by Crippen LogP contribution is -2.56.